The molecule has 3 amide bonds. The molecule has 1 saturated carbocycles. The summed E-state index contributed by atoms with van der Waals surface area (Å²) in [7, 11) is 0. The number of nitrogens with one attached hydrogen (secondary N) is 2. The molecular formula is C19H30N4O3. The predicted molar refractivity (Wildman–Crippen MR) is 96.3 cm³/mol. The molecule has 3 heterocycles. The molecule has 0 radical (unpaired) electrons. The van der Waals surface area contributed by atoms with E-state index in [0.717, 1.165) is 38.8 Å². The standard InChI is InChI=1S/C19H30N4O3/c24-16-12-20-17(25)15-11-14(13-23(15)16)21-18(26)19(7-3-1-4-8-19)22-9-5-2-6-10-22/h14-15H,1-13H2,(H,20,25)(H,21,26)/t14-,15+/m1/s1. The van der Waals surface area contributed by atoms with Gasteiger partial charge < -0.3 is 15.5 Å². The van der Waals surface area contributed by atoms with E-state index < -0.39 is 6.04 Å². The lowest BCUT2D eigenvalue weighted by Crippen LogP contribution is -2.62. The van der Waals surface area contributed by atoms with Gasteiger partial charge in [-0.15, -0.1) is 0 Å². The average molecular weight is 362 g/mol. The first-order chi connectivity index (χ1) is 12.6. The fourth-order valence-corrected chi connectivity index (χ4v) is 5.31. The minimum atomic E-state index is -0.418. The Kier molecular flexibility index (Phi) is 4.90. The number of carbonyl (C=O) groups excluding carboxylic acids is 3. The highest BCUT2D eigenvalue weighted by molar-refractivity contribution is 5.95. The topological polar surface area (TPSA) is 81.8 Å². The second-order valence-electron chi connectivity index (χ2n) is 8.33. The molecular weight excluding hydrogens is 332 g/mol. The van der Waals surface area contributed by atoms with Gasteiger partial charge in [-0.2, -0.15) is 0 Å². The van der Waals surface area contributed by atoms with E-state index in [4.69, 9.17) is 0 Å². The van der Waals surface area contributed by atoms with Gasteiger partial charge in [-0.05, 0) is 45.2 Å². The summed E-state index contributed by atoms with van der Waals surface area (Å²) in [6.45, 7) is 2.55. The molecule has 3 aliphatic heterocycles. The second-order valence-corrected chi connectivity index (χ2v) is 8.33. The average Bonchev–Trinajstić information content (AvgIpc) is 3.11. The number of piperidine rings is 1. The van der Waals surface area contributed by atoms with E-state index in [9.17, 15) is 14.4 Å². The lowest BCUT2D eigenvalue weighted by molar-refractivity contribution is -0.143. The third-order valence-electron chi connectivity index (χ3n) is 6.74. The minimum Gasteiger partial charge on any atom is -0.350 e. The van der Waals surface area contributed by atoms with Gasteiger partial charge in [0.1, 0.15) is 11.6 Å². The summed E-state index contributed by atoms with van der Waals surface area (Å²) < 4.78 is 0. The van der Waals surface area contributed by atoms with Crippen molar-refractivity contribution in [1.82, 2.24) is 20.4 Å². The molecule has 2 N–H and O–H groups in total. The SMILES string of the molecule is O=C1NCC(=O)N2C[C@H](NC(=O)C3(N4CCCCC4)CCCCC3)C[C@@H]12. The third-order valence-corrected chi connectivity index (χ3v) is 6.74. The highest BCUT2D eigenvalue weighted by Gasteiger charge is 2.48. The van der Waals surface area contributed by atoms with Gasteiger partial charge in [0.25, 0.3) is 0 Å². The monoisotopic (exact) mass is 362 g/mol. The number of likely N-dealkylation sites (tertiary alicyclic amines) is 1. The van der Waals surface area contributed by atoms with Crippen LogP contribution in [0.1, 0.15) is 57.8 Å². The number of rotatable bonds is 3. The zero-order chi connectivity index (χ0) is 18.1. The number of carbonyl (C=O) groups is 3. The Labute approximate surface area is 154 Å². The lowest BCUT2D eigenvalue weighted by atomic mass is 9.78. The van der Waals surface area contributed by atoms with E-state index >= 15 is 0 Å². The van der Waals surface area contributed by atoms with Gasteiger partial charge in [0.2, 0.25) is 17.7 Å². The molecule has 3 saturated heterocycles. The first-order valence-corrected chi connectivity index (χ1v) is 10.2. The van der Waals surface area contributed by atoms with Gasteiger partial charge in [0.05, 0.1) is 6.54 Å². The van der Waals surface area contributed by atoms with Crippen molar-refractivity contribution in [3.8, 4) is 0 Å². The van der Waals surface area contributed by atoms with Crippen LogP contribution in [0.25, 0.3) is 0 Å². The van der Waals surface area contributed by atoms with E-state index in [1.165, 1.54) is 25.7 Å². The summed E-state index contributed by atoms with van der Waals surface area (Å²) in [5.41, 5.74) is -0.381. The summed E-state index contributed by atoms with van der Waals surface area (Å²) in [5.74, 6) is -0.0173. The number of hydrogen-bond donors (Lipinski definition) is 2. The highest BCUT2D eigenvalue weighted by atomic mass is 16.2. The Morgan fingerprint density at radius 1 is 1.04 bits per heavy atom. The summed E-state index contributed by atoms with van der Waals surface area (Å²) in [6.07, 6.45) is 9.39. The van der Waals surface area contributed by atoms with Crippen molar-refractivity contribution in [2.24, 2.45) is 0 Å². The molecule has 0 spiro atoms. The Bertz CT molecular complexity index is 557. The summed E-state index contributed by atoms with van der Waals surface area (Å²) in [6, 6.07) is -0.539. The summed E-state index contributed by atoms with van der Waals surface area (Å²) in [5, 5.41) is 5.88. The molecule has 0 aromatic carbocycles. The Morgan fingerprint density at radius 3 is 2.42 bits per heavy atom. The van der Waals surface area contributed by atoms with Gasteiger partial charge in [0, 0.05) is 12.6 Å². The van der Waals surface area contributed by atoms with Crippen LogP contribution in [-0.4, -0.2) is 71.3 Å². The zero-order valence-electron chi connectivity index (χ0n) is 15.5. The third kappa shape index (κ3) is 3.10. The number of fused-ring (bicyclic) bond motifs is 1. The van der Waals surface area contributed by atoms with E-state index in [1.54, 1.807) is 4.90 Å². The molecule has 0 unspecified atom stereocenters. The maximum atomic E-state index is 13.4. The maximum Gasteiger partial charge on any atom is 0.243 e. The Balaban J connectivity index is 1.47. The molecule has 1 aliphatic carbocycles. The van der Waals surface area contributed by atoms with Crippen LogP contribution < -0.4 is 10.6 Å². The van der Waals surface area contributed by atoms with E-state index in [1.807, 2.05) is 0 Å². The fourth-order valence-electron chi connectivity index (χ4n) is 5.31. The molecule has 0 aromatic rings. The molecule has 144 valence electrons. The number of piperazine rings is 1. The van der Waals surface area contributed by atoms with Crippen molar-refractivity contribution in [2.75, 3.05) is 26.2 Å². The number of nitrogens with zero attached hydrogens (tertiary/aromatic N) is 2. The first-order valence-electron chi connectivity index (χ1n) is 10.2. The molecule has 26 heavy (non-hydrogen) atoms. The van der Waals surface area contributed by atoms with Gasteiger partial charge >= 0.3 is 0 Å². The molecule has 0 bridgehead atoms. The molecule has 4 rings (SSSR count). The van der Waals surface area contributed by atoms with E-state index in [0.29, 0.717) is 13.0 Å². The molecule has 4 fully saturated rings. The van der Waals surface area contributed by atoms with Gasteiger partial charge in [-0.3, -0.25) is 19.3 Å². The Hall–Kier alpha value is -1.63. The van der Waals surface area contributed by atoms with E-state index in [-0.39, 0.29) is 35.8 Å². The first kappa shape index (κ1) is 17.8. The fraction of sp³-hybridized carbons (Fsp3) is 0.842. The van der Waals surface area contributed by atoms with E-state index in [2.05, 4.69) is 15.5 Å². The maximum absolute atomic E-state index is 13.4. The van der Waals surface area contributed by atoms with Crippen LogP contribution in [0.4, 0.5) is 0 Å². The largest absolute Gasteiger partial charge is 0.350 e. The van der Waals surface area contributed by atoms with Crippen LogP contribution in [0.3, 0.4) is 0 Å². The molecule has 2 atom stereocenters. The lowest BCUT2D eigenvalue weighted by Gasteiger charge is -2.47. The van der Waals surface area contributed by atoms with Crippen LogP contribution in [0.5, 0.6) is 0 Å². The predicted octanol–water partition coefficient (Wildman–Crippen LogP) is 0.391. The molecule has 7 nitrogen and oxygen atoms in total. The van der Waals surface area contributed by atoms with Crippen molar-refractivity contribution < 1.29 is 14.4 Å². The van der Waals surface area contributed by atoms with Gasteiger partial charge in [-0.1, -0.05) is 25.7 Å². The van der Waals surface area contributed by atoms with Crippen LogP contribution in [0.15, 0.2) is 0 Å². The van der Waals surface area contributed by atoms with Crippen molar-refractivity contribution in [3.05, 3.63) is 0 Å². The Morgan fingerprint density at radius 2 is 1.73 bits per heavy atom. The molecule has 0 aromatic heterocycles. The van der Waals surface area contributed by atoms with Crippen LogP contribution in [-0.2, 0) is 14.4 Å². The van der Waals surface area contributed by atoms with Gasteiger partial charge in [-0.25, -0.2) is 0 Å². The smallest absolute Gasteiger partial charge is 0.243 e. The number of amides is 3. The van der Waals surface area contributed by atoms with Crippen molar-refractivity contribution in [2.45, 2.75) is 75.4 Å². The summed E-state index contributed by atoms with van der Waals surface area (Å²) >= 11 is 0. The van der Waals surface area contributed by atoms with Crippen molar-refractivity contribution in [1.29, 1.82) is 0 Å². The van der Waals surface area contributed by atoms with Crippen molar-refractivity contribution in [3.63, 3.8) is 0 Å². The van der Waals surface area contributed by atoms with Gasteiger partial charge in [0.15, 0.2) is 0 Å². The minimum absolute atomic E-state index is 0.0465. The normalized spacial score (nSPS) is 32.1. The summed E-state index contributed by atoms with van der Waals surface area (Å²) in [4.78, 5) is 41.5. The quantitative estimate of drug-likeness (QED) is 0.761. The highest BCUT2D eigenvalue weighted by Crippen LogP contribution is 2.36. The van der Waals surface area contributed by atoms with Crippen molar-refractivity contribution >= 4 is 17.7 Å². The molecule has 4 aliphatic rings. The number of hydrogen-bond acceptors (Lipinski definition) is 4. The molecule has 7 heteroatoms. The zero-order valence-corrected chi connectivity index (χ0v) is 15.5. The van der Waals surface area contributed by atoms with Crippen LogP contribution in [0.2, 0.25) is 0 Å². The van der Waals surface area contributed by atoms with Crippen LogP contribution >= 0.6 is 0 Å². The van der Waals surface area contributed by atoms with Crippen LogP contribution in [0, 0.1) is 0 Å². The second kappa shape index (κ2) is 7.18.